The van der Waals surface area contributed by atoms with Crippen molar-refractivity contribution in [3.63, 3.8) is 0 Å². The van der Waals surface area contributed by atoms with Crippen molar-refractivity contribution in [3.8, 4) is 0 Å². The van der Waals surface area contributed by atoms with E-state index in [1.807, 2.05) is 53.4 Å². The summed E-state index contributed by atoms with van der Waals surface area (Å²) in [5.41, 5.74) is 1.92. The van der Waals surface area contributed by atoms with Crippen molar-refractivity contribution in [1.82, 2.24) is 19.6 Å². The molecule has 1 atom stereocenters. The van der Waals surface area contributed by atoms with Crippen LogP contribution in [0, 0.1) is 0 Å². The highest BCUT2D eigenvalue weighted by Gasteiger charge is 2.27. The highest BCUT2D eigenvalue weighted by molar-refractivity contribution is 6.30. The Morgan fingerprint density at radius 1 is 1.03 bits per heavy atom. The number of carbonyl (C=O) groups is 1. The predicted octanol–water partition coefficient (Wildman–Crippen LogP) is 3.35. The number of hydrogen-bond acceptors (Lipinski definition) is 5. The van der Waals surface area contributed by atoms with E-state index in [-0.39, 0.29) is 17.5 Å². The number of carbonyl (C=O) groups excluding carboxylic acids is 1. The van der Waals surface area contributed by atoms with E-state index in [1.54, 1.807) is 4.68 Å². The Balaban J connectivity index is 1.34. The molecule has 3 heterocycles. The van der Waals surface area contributed by atoms with Crippen molar-refractivity contribution in [2.75, 3.05) is 39.4 Å². The van der Waals surface area contributed by atoms with Gasteiger partial charge < -0.3 is 9.64 Å². The topological polar surface area (TPSA) is 67.7 Å². The Kier molecular flexibility index (Phi) is 7.46. The van der Waals surface area contributed by atoms with E-state index in [1.165, 1.54) is 0 Å². The summed E-state index contributed by atoms with van der Waals surface area (Å²) in [6.07, 6.45) is 3.19. The third-order valence-electron chi connectivity index (χ3n) is 7.09. The number of amides is 1. The van der Waals surface area contributed by atoms with Gasteiger partial charge in [-0.3, -0.25) is 14.5 Å². The van der Waals surface area contributed by atoms with Gasteiger partial charge in [0.1, 0.15) is 0 Å². The molecule has 2 aliphatic heterocycles. The van der Waals surface area contributed by atoms with Crippen LogP contribution in [0.2, 0.25) is 5.02 Å². The van der Waals surface area contributed by atoms with Crippen LogP contribution in [0.25, 0.3) is 10.8 Å². The minimum absolute atomic E-state index is 0.0586. The molecule has 184 valence electrons. The number of rotatable bonds is 7. The average Bonchev–Trinajstić information content (AvgIpc) is 3.34. The van der Waals surface area contributed by atoms with Gasteiger partial charge in [-0.25, -0.2) is 4.68 Å². The molecule has 35 heavy (non-hydrogen) atoms. The number of hydrogen-bond donors (Lipinski definition) is 0. The highest BCUT2D eigenvalue weighted by Crippen LogP contribution is 2.21. The van der Waals surface area contributed by atoms with Crippen molar-refractivity contribution >= 4 is 28.3 Å². The Hall–Kier alpha value is -2.74. The molecule has 0 spiro atoms. The van der Waals surface area contributed by atoms with E-state index in [0.717, 1.165) is 36.0 Å². The zero-order valence-electron chi connectivity index (χ0n) is 19.9. The fraction of sp³-hybridized carbons (Fsp3) is 0.444. The monoisotopic (exact) mass is 494 g/mol. The van der Waals surface area contributed by atoms with Crippen LogP contribution in [-0.2, 0) is 22.5 Å². The van der Waals surface area contributed by atoms with Crippen LogP contribution in [0.5, 0.6) is 0 Å². The van der Waals surface area contributed by atoms with Gasteiger partial charge in [0.05, 0.1) is 30.8 Å². The molecule has 2 fully saturated rings. The molecule has 5 rings (SSSR count). The van der Waals surface area contributed by atoms with E-state index >= 15 is 0 Å². The standard InChI is InChI=1S/C27H31ClN4O3/c28-21-9-7-20(8-10-21)18-25-23-5-1-2-6-24(23)27(34)32(29-25)19-22-4-3-12-30(22)13-11-26(33)31-14-16-35-17-15-31/h1-2,5-10,22H,3-4,11-19H2/t22-/m1/s1. The van der Waals surface area contributed by atoms with Gasteiger partial charge >= 0.3 is 0 Å². The van der Waals surface area contributed by atoms with E-state index in [9.17, 15) is 9.59 Å². The van der Waals surface area contributed by atoms with Gasteiger partial charge in [-0.05, 0) is 43.1 Å². The zero-order chi connectivity index (χ0) is 24.2. The second-order valence-corrected chi connectivity index (χ2v) is 9.79. The summed E-state index contributed by atoms with van der Waals surface area (Å²) < 4.78 is 7.00. The fourth-order valence-electron chi connectivity index (χ4n) is 5.16. The first kappa shape index (κ1) is 24.0. The molecular formula is C27H31ClN4O3. The fourth-order valence-corrected chi connectivity index (χ4v) is 5.29. The normalized spacial score (nSPS) is 18.9. The smallest absolute Gasteiger partial charge is 0.274 e. The predicted molar refractivity (Wildman–Crippen MR) is 137 cm³/mol. The lowest BCUT2D eigenvalue weighted by Crippen LogP contribution is -2.43. The first-order valence-corrected chi connectivity index (χ1v) is 12.8. The molecule has 0 unspecified atom stereocenters. The summed E-state index contributed by atoms with van der Waals surface area (Å²) in [6, 6.07) is 15.7. The van der Waals surface area contributed by atoms with Crippen LogP contribution in [-0.4, -0.2) is 70.9 Å². The van der Waals surface area contributed by atoms with Gasteiger partial charge in [0.15, 0.2) is 0 Å². The molecule has 1 amide bonds. The van der Waals surface area contributed by atoms with E-state index in [0.29, 0.717) is 62.6 Å². The van der Waals surface area contributed by atoms with Crippen molar-refractivity contribution in [2.24, 2.45) is 0 Å². The van der Waals surface area contributed by atoms with Crippen LogP contribution in [0.15, 0.2) is 53.3 Å². The number of benzene rings is 2. The lowest BCUT2D eigenvalue weighted by molar-refractivity contribution is -0.135. The third-order valence-corrected chi connectivity index (χ3v) is 7.34. The maximum atomic E-state index is 13.3. The molecule has 7 nitrogen and oxygen atoms in total. The molecule has 2 aliphatic rings. The Labute approximate surface area is 210 Å². The molecule has 0 bridgehead atoms. The molecule has 0 N–H and O–H groups in total. The highest BCUT2D eigenvalue weighted by atomic mass is 35.5. The average molecular weight is 495 g/mol. The third kappa shape index (κ3) is 5.58. The number of likely N-dealkylation sites (tertiary alicyclic amines) is 1. The SMILES string of the molecule is O=C(CCN1CCC[C@@H]1Cn1nc(Cc2ccc(Cl)cc2)c2ccccc2c1=O)N1CCOCC1. The number of fused-ring (bicyclic) bond motifs is 1. The number of aromatic nitrogens is 2. The van der Waals surface area contributed by atoms with Crippen LogP contribution >= 0.6 is 11.6 Å². The van der Waals surface area contributed by atoms with Gasteiger partial charge in [0, 0.05) is 48.9 Å². The van der Waals surface area contributed by atoms with Gasteiger partial charge in [0.25, 0.3) is 5.56 Å². The largest absolute Gasteiger partial charge is 0.378 e. The summed E-state index contributed by atoms with van der Waals surface area (Å²) in [5, 5.41) is 7.12. The minimum atomic E-state index is -0.0586. The lowest BCUT2D eigenvalue weighted by Gasteiger charge is -2.29. The Bertz CT molecular complexity index is 1240. The van der Waals surface area contributed by atoms with Gasteiger partial charge in [-0.15, -0.1) is 0 Å². The maximum Gasteiger partial charge on any atom is 0.274 e. The molecule has 0 aliphatic carbocycles. The molecule has 3 aromatic rings. The molecule has 2 saturated heterocycles. The van der Waals surface area contributed by atoms with E-state index in [2.05, 4.69) is 4.90 Å². The van der Waals surface area contributed by atoms with Crippen molar-refractivity contribution < 1.29 is 9.53 Å². The van der Waals surface area contributed by atoms with Crippen LogP contribution < -0.4 is 5.56 Å². The molecule has 2 aromatic carbocycles. The first-order valence-electron chi connectivity index (χ1n) is 12.4. The summed E-state index contributed by atoms with van der Waals surface area (Å²) in [5.74, 6) is 0.185. The second kappa shape index (κ2) is 10.9. The van der Waals surface area contributed by atoms with Crippen molar-refractivity contribution in [2.45, 2.75) is 38.3 Å². The van der Waals surface area contributed by atoms with Crippen LogP contribution in [0.3, 0.4) is 0 Å². The van der Waals surface area contributed by atoms with Gasteiger partial charge in [0.2, 0.25) is 5.91 Å². The number of morpholine rings is 1. The Morgan fingerprint density at radius 2 is 1.77 bits per heavy atom. The van der Waals surface area contributed by atoms with Crippen LogP contribution in [0.4, 0.5) is 0 Å². The minimum Gasteiger partial charge on any atom is -0.378 e. The molecule has 8 heteroatoms. The number of nitrogens with zero attached hydrogens (tertiary/aromatic N) is 4. The quantitative estimate of drug-likeness (QED) is 0.504. The zero-order valence-corrected chi connectivity index (χ0v) is 20.6. The number of ether oxygens (including phenoxy) is 1. The first-order chi connectivity index (χ1) is 17.1. The molecule has 1 aromatic heterocycles. The van der Waals surface area contributed by atoms with Crippen molar-refractivity contribution in [3.05, 3.63) is 75.2 Å². The summed E-state index contributed by atoms with van der Waals surface area (Å²) >= 11 is 6.06. The summed E-state index contributed by atoms with van der Waals surface area (Å²) in [4.78, 5) is 30.2. The summed E-state index contributed by atoms with van der Waals surface area (Å²) in [6.45, 7) is 4.77. The lowest BCUT2D eigenvalue weighted by atomic mass is 10.0. The molecular weight excluding hydrogens is 464 g/mol. The van der Waals surface area contributed by atoms with E-state index < -0.39 is 0 Å². The maximum absolute atomic E-state index is 13.3. The second-order valence-electron chi connectivity index (χ2n) is 9.36. The van der Waals surface area contributed by atoms with Gasteiger partial charge in [-0.1, -0.05) is 41.9 Å². The summed E-state index contributed by atoms with van der Waals surface area (Å²) in [7, 11) is 0. The number of halogens is 1. The van der Waals surface area contributed by atoms with Crippen molar-refractivity contribution in [1.29, 1.82) is 0 Å². The van der Waals surface area contributed by atoms with E-state index in [4.69, 9.17) is 21.4 Å². The molecule has 0 saturated carbocycles. The van der Waals surface area contributed by atoms with Crippen LogP contribution in [0.1, 0.15) is 30.5 Å². The Morgan fingerprint density at radius 3 is 2.54 bits per heavy atom. The molecule has 0 radical (unpaired) electrons. The van der Waals surface area contributed by atoms with Gasteiger partial charge in [-0.2, -0.15) is 5.10 Å².